The SMILES string of the molecule is CN1C(=O)c2c(O)c(=O)c(C(N)=O)cn2[C@@H]2CCOC[C@H]21. The van der Waals surface area contributed by atoms with E-state index in [1.165, 1.54) is 15.7 Å². The van der Waals surface area contributed by atoms with Crippen LogP contribution in [0.15, 0.2) is 11.0 Å². The molecule has 3 N–H and O–H groups in total. The predicted molar refractivity (Wildman–Crippen MR) is 71.2 cm³/mol. The molecule has 8 nitrogen and oxygen atoms in total. The fourth-order valence-electron chi connectivity index (χ4n) is 2.99. The van der Waals surface area contributed by atoms with Crippen molar-refractivity contribution >= 4 is 11.8 Å². The predicted octanol–water partition coefficient (Wildman–Crippen LogP) is -0.932. The van der Waals surface area contributed by atoms with Crippen LogP contribution in [-0.4, -0.2) is 52.7 Å². The van der Waals surface area contributed by atoms with Crippen molar-refractivity contribution in [2.45, 2.75) is 18.5 Å². The molecule has 2 aliphatic heterocycles. The fourth-order valence-corrected chi connectivity index (χ4v) is 2.99. The van der Waals surface area contributed by atoms with Gasteiger partial charge in [0.1, 0.15) is 5.56 Å². The molecule has 3 rings (SSSR count). The smallest absolute Gasteiger partial charge is 0.274 e. The van der Waals surface area contributed by atoms with E-state index in [9.17, 15) is 19.5 Å². The maximum absolute atomic E-state index is 12.4. The lowest BCUT2D eigenvalue weighted by molar-refractivity contribution is -0.0115. The van der Waals surface area contributed by atoms with Gasteiger partial charge in [-0.15, -0.1) is 0 Å². The third-order valence-electron chi connectivity index (χ3n) is 4.14. The van der Waals surface area contributed by atoms with Gasteiger partial charge in [-0.3, -0.25) is 14.4 Å². The van der Waals surface area contributed by atoms with Gasteiger partial charge in [0.15, 0.2) is 11.4 Å². The Kier molecular flexibility index (Phi) is 2.98. The Bertz CT molecular complexity index is 696. The highest BCUT2D eigenvalue weighted by molar-refractivity contribution is 5.98. The van der Waals surface area contributed by atoms with Gasteiger partial charge >= 0.3 is 0 Å². The Morgan fingerprint density at radius 3 is 2.81 bits per heavy atom. The summed E-state index contributed by atoms with van der Waals surface area (Å²) in [6, 6.07) is -0.373. The zero-order valence-corrected chi connectivity index (χ0v) is 11.4. The van der Waals surface area contributed by atoms with Gasteiger partial charge < -0.3 is 25.0 Å². The number of carbonyl (C=O) groups excluding carboxylic acids is 2. The van der Waals surface area contributed by atoms with Crippen molar-refractivity contribution < 1.29 is 19.4 Å². The molecule has 112 valence electrons. The van der Waals surface area contributed by atoms with Crippen LogP contribution in [0.2, 0.25) is 0 Å². The Labute approximate surface area is 119 Å². The van der Waals surface area contributed by atoms with E-state index in [1.807, 2.05) is 0 Å². The third-order valence-corrected chi connectivity index (χ3v) is 4.14. The van der Waals surface area contributed by atoms with Gasteiger partial charge in [0, 0.05) is 19.9 Å². The molecule has 1 aromatic rings. The third kappa shape index (κ3) is 1.83. The number of primary amides is 1. The molecule has 0 radical (unpaired) electrons. The summed E-state index contributed by atoms with van der Waals surface area (Å²) in [6.07, 6.45) is 1.88. The van der Waals surface area contributed by atoms with Crippen LogP contribution < -0.4 is 11.2 Å². The summed E-state index contributed by atoms with van der Waals surface area (Å²) in [5.41, 5.74) is 3.83. The van der Waals surface area contributed by atoms with Crippen LogP contribution >= 0.6 is 0 Å². The molecule has 8 heteroatoms. The van der Waals surface area contributed by atoms with Gasteiger partial charge in [0.05, 0.1) is 18.7 Å². The molecule has 1 aromatic heterocycles. The molecule has 21 heavy (non-hydrogen) atoms. The number of aromatic hydroxyl groups is 1. The average molecular weight is 293 g/mol. The Hall–Kier alpha value is -2.35. The minimum atomic E-state index is -0.930. The van der Waals surface area contributed by atoms with Gasteiger partial charge in [-0.2, -0.15) is 0 Å². The standard InChI is InChI=1S/C13H15N3O5/c1-15-8-5-21-3-2-7(8)16-4-6(12(14)19)10(17)11(18)9(16)13(15)20/h4,7-8,18H,2-3,5H2,1H3,(H2,14,19)/t7-,8-/m1/s1. The summed E-state index contributed by atoms with van der Waals surface area (Å²) in [5.74, 6) is -2.14. The summed E-state index contributed by atoms with van der Waals surface area (Å²) in [7, 11) is 1.60. The lowest BCUT2D eigenvalue weighted by Gasteiger charge is -2.44. The number of amides is 2. The minimum absolute atomic E-state index is 0.101. The molecule has 0 bridgehead atoms. The molecule has 0 aliphatic carbocycles. The molecule has 1 saturated heterocycles. The highest BCUT2D eigenvalue weighted by Crippen LogP contribution is 2.34. The molecule has 2 amide bonds. The van der Waals surface area contributed by atoms with Crippen LogP contribution in [0, 0.1) is 0 Å². The number of nitrogens with two attached hydrogens (primary N) is 1. The van der Waals surface area contributed by atoms with Gasteiger partial charge in [-0.25, -0.2) is 0 Å². The number of pyridine rings is 1. The van der Waals surface area contributed by atoms with Gasteiger partial charge in [0.2, 0.25) is 5.43 Å². The lowest BCUT2D eigenvalue weighted by atomic mass is 9.96. The number of ether oxygens (including phenoxy) is 1. The molecular formula is C13H15N3O5. The van der Waals surface area contributed by atoms with Gasteiger partial charge in [-0.1, -0.05) is 0 Å². The quantitative estimate of drug-likeness (QED) is 0.694. The van der Waals surface area contributed by atoms with E-state index in [0.717, 1.165) is 0 Å². The van der Waals surface area contributed by atoms with Crippen molar-refractivity contribution in [2.75, 3.05) is 20.3 Å². The van der Waals surface area contributed by atoms with Gasteiger partial charge in [-0.05, 0) is 6.42 Å². The second-order valence-corrected chi connectivity index (χ2v) is 5.25. The Balaban J connectivity index is 2.28. The normalized spacial score (nSPS) is 24.4. The topological polar surface area (TPSA) is 115 Å². The van der Waals surface area contributed by atoms with Crippen molar-refractivity contribution in [3.63, 3.8) is 0 Å². The minimum Gasteiger partial charge on any atom is -0.503 e. The highest BCUT2D eigenvalue weighted by Gasteiger charge is 2.41. The summed E-state index contributed by atoms with van der Waals surface area (Å²) >= 11 is 0. The first-order valence-electron chi connectivity index (χ1n) is 6.56. The van der Waals surface area contributed by atoms with Crippen LogP contribution in [0.25, 0.3) is 0 Å². The van der Waals surface area contributed by atoms with Crippen LogP contribution in [0.3, 0.4) is 0 Å². The average Bonchev–Trinajstić information content (AvgIpc) is 2.47. The first-order chi connectivity index (χ1) is 9.93. The fraction of sp³-hybridized carbons (Fsp3) is 0.462. The van der Waals surface area contributed by atoms with E-state index in [1.54, 1.807) is 7.05 Å². The van der Waals surface area contributed by atoms with E-state index in [2.05, 4.69) is 0 Å². The molecule has 0 saturated carbocycles. The van der Waals surface area contributed by atoms with E-state index in [4.69, 9.17) is 10.5 Å². The van der Waals surface area contributed by atoms with Crippen molar-refractivity contribution in [2.24, 2.45) is 5.73 Å². The first kappa shape index (κ1) is 13.6. The monoisotopic (exact) mass is 293 g/mol. The van der Waals surface area contributed by atoms with Crippen LogP contribution in [0.4, 0.5) is 0 Å². The second kappa shape index (κ2) is 4.59. The van der Waals surface area contributed by atoms with E-state index < -0.39 is 23.0 Å². The number of rotatable bonds is 1. The van der Waals surface area contributed by atoms with Crippen LogP contribution in [0.5, 0.6) is 5.75 Å². The largest absolute Gasteiger partial charge is 0.503 e. The molecular weight excluding hydrogens is 278 g/mol. The number of nitrogens with zero attached hydrogens (tertiary/aromatic N) is 2. The van der Waals surface area contributed by atoms with Crippen molar-refractivity contribution in [3.8, 4) is 5.75 Å². The van der Waals surface area contributed by atoms with E-state index in [0.29, 0.717) is 19.6 Å². The number of hydrogen-bond acceptors (Lipinski definition) is 5. The maximum Gasteiger partial charge on any atom is 0.274 e. The van der Waals surface area contributed by atoms with Crippen LogP contribution in [-0.2, 0) is 4.74 Å². The number of aromatic nitrogens is 1. The maximum atomic E-state index is 12.4. The lowest BCUT2D eigenvalue weighted by Crippen LogP contribution is -2.54. The molecule has 2 atom stereocenters. The number of hydrogen-bond donors (Lipinski definition) is 2. The second-order valence-electron chi connectivity index (χ2n) is 5.25. The number of likely N-dealkylation sites (N-methyl/N-ethyl adjacent to an activating group) is 1. The molecule has 3 heterocycles. The van der Waals surface area contributed by atoms with Crippen molar-refractivity contribution in [1.82, 2.24) is 9.47 Å². The molecule has 1 fully saturated rings. The zero-order valence-electron chi connectivity index (χ0n) is 11.4. The van der Waals surface area contributed by atoms with Crippen LogP contribution in [0.1, 0.15) is 33.3 Å². The summed E-state index contributed by atoms with van der Waals surface area (Å²) < 4.78 is 6.87. The number of carbonyl (C=O) groups is 2. The zero-order chi connectivity index (χ0) is 15.3. The highest BCUT2D eigenvalue weighted by atomic mass is 16.5. The Morgan fingerprint density at radius 1 is 1.43 bits per heavy atom. The summed E-state index contributed by atoms with van der Waals surface area (Å²) in [4.78, 5) is 37.1. The molecule has 0 aromatic carbocycles. The molecule has 0 spiro atoms. The van der Waals surface area contributed by atoms with Crippen molar-refractivity contribution in [1.29, 1.82) is 0 Å². The number of fused-ring (bicyclic) bond motifs is 3. The van der Waals surface area contributed by atoms with E-state index in [-0.39, 0.29) is 23.3 Å². The van der Waals surface area contributed by atoms with Gasteiger partial charge in [0.25, 0.3) is 11.8 Å². The summed E-state index contributed by atoms with van der Waals surface area (Å²) in [6.45, 7) is 0.868. The molecule has 2 aliphatic rings. The first-order valence-corrected chi connectivity index (χ1v) is 6.56. The van der Waals surface area contributed by atoms with Crippen molar-refractivity contribution in [3.05, 3.63) is 27.7 Å². The Morgan fingerprint density at radius 2 is 2.14 bits per heavy atom. The summed E-state index contributed by atoms with van der Waals surface area (Å²) in [5, 5.41) is 10.0. The van der Waals surface area contributed by atoms with E-state index >= 15 is 0 Å². The molecule has 0 unspecified atom stereocenters.